The molecule has 7 nitrogen and oxygen atoms in total. The Bertz CT molecular complexity index is 1250. The quantitative estimate of drug-likeness (QED) is 0.400. The number of nitrogens with one attached hydrogen (secondary N) is 1. The molecule has 0 bridgehead atoms. The van der Waals surface area contributed by atoms with E-state index in [-0.39, 0.29) is 12.3 Å². The highest BCUT2D eigenvalue weighted by Gasteiger charge is 2.17. The van der Waals surface area contributed by atoms with Crippen LogP contribution in [-0.2, 0) is 17.8 Å². The molecule has 7 heteroatoms. The summed E-state index contributed by atoms with van der Waals surface area (Å²) in [4.78, 5) is 28.8. The monoisotopic (exact) mass is 393 g/mol. The molecule has 0 aliphatic heterocycles. The van der Waals surface area contributed by atoms with Crippen molar-refractivity contribution < 1.29 is 13.6 Å². The highest BCUT2D eigenvalue weighted by atomic mass is 16.4. The Labute approximate surface area is 167 Å². The summed E-state index contributed by atoms with van der Waals surface area (Å²) in [6.45, 7) is 7.07. The minimum Gasteiger partial charge on any atom is -0.461 e. The van der Waals surface area contributed by atoms with E-state index in [0.29, 0.717) is 23.3 Å². The molecule has 0 aliphatic carbocycles. The van der Waals surface area contributed by atoms with Gasteiger partial charge in [-0.2, -0.15) is 0 Å². The van der Waals surface area contributed by atoms with Crippen molar-refractivity contribution in [2.45, 2.75) is 40.2 Å². The summed E-state index contributed by atoms with van der Waals surface area (Å²) in [5.74, 6) is 0.646. The van der Waals surface area contributed by atoms with Crippen LogP contribution < -0.4 is 10.9 Å². The average molecular weight is 393 g/mol. The molecule has 3 heterocycles. The van der Waals surface area contributed by atoms with E-state index >= 15 is 0 Å². The van der Waals surface area contributed by atoms with Crippen LogP contribution in [0.5, 0.6) is 0 Å². The normalized spacial score (nSPS) is 11.4. The van der Waals surface area contributed by atoms with Crippen molar-refractivity contribution in [2.24, 2.45) is 0 Å². The van der Waals surface area contributed by atoms with Gasteiger partial charge >= 0.3 is 5.63 Å². The number of benzene rings is 1. The third-order valence-corrected chi connectivity index (χ3v) is 5.39. The first-order valence-corrected chi connectivity index (χ1v) is 9.62. The number of hydrogen-bond acceptors (Lipinski definition) is 5. The Morgan fingerprint density at radius 2 is 1.86 bits per heavy atom. The Hall–Kier alpha value is -3.35. The lowest BCUT2D eigenvalue weighted by atomic mass is 10.0. The molecule has 4 aromatic rings. The van der Waals surface area contributed by atoms with E-state index < -0.39 is 5.63 Å². The van der Waals surface area contributed by atoms with Gasteiger partial charge in [-0.3, -0.25) is 4.79 Å². The van der Waals surface area contributed by atoms with Crippen LogP contribution in [0.15, 0.2) is 44.5 Å². The van der Waals surface area contributed by atoms with Crippen LogP contribution in [0.1, 0.15) is 28.9 Å². The predicted molar refractivity (Wildman–Crippen MR) is 110 cm³/mol. The summed E-state index contributed by atoms with van der Waals surface area (Å²) in [7, 11) is 0. The first-order valence-electron chi connectivity index (χ1n) is 9.62. The molecule has 1 aromatic carbocycles. The van der Waals surface area contributed by atoms with Gasteiger partial charge in [-0.15, -0.1) is 0 Å². The smallest absolute Gasteiger partial charge is 0.340 e. The second-order valence-electron chi connectivity index (χ2n) is 7.30. The van der Waals surface area contributed by atoms with E-state index in [4.69, 9.17) is 8.83 Å². The molecule has 0 saturated carbocycles. The van der Waals surface area contributed by atoms with Crippen LogP contribution in [0.2, 0.25) is 0 Å². The van der Waals surface area contributed by atoms with Crippen molar-refractivity contribution in [3.05, 3.63) is 63.7 Å². The van der Waals surface area contributed by atoms with Crippen LogP contribution >= 0.6 is 0 Å². The number of hydrogen-bond donors (Lipinski definition) is 1. The number of carbonyl (C=O) groups excluding carboxylic acids is 1. The SMILES string of the molecule is Cc1oc2cc3oc(=O)c(CC(=O)NCCCn4ccnc4)c(C)c3cc2c1C. The fraction of sp³-hybridized carbons (Fsp3) is 0.318. The van der Waals surface area contributed by atoms with E-state index in [1.54, 1.807) is 18.6 Å². The molecule has 0 saturated heterocycles. The molecule has 0 atom stereocenters. The summed E-state index contributed by atoms with van der Waals surface area (Å²) in [5.41, 5.74) is 2.90. The predicted octanol–water partition coefficient (Wildman–Crippen LogP) is 3.41. The van der Waals surface area contributed by atoms with Gasteiger partial charge in [0.25, 0.3) is 0 Å². The fourth-order valence-electron chi connectivity index (χ4n) is 3.56. The zero-order valence-electron chi connectivity index (χ0n) is 16.7. The van der Waals surface area contributed by atoms with Crippen LogP contribution in [-0.4, -0.2) is 22.0 Å². The van der Waals surface area contributed by atoms with Crippen LogP contribution in [0, 0.1) is 20.8 Å². The van der Waals surface area contributed by atoms with Crippen molar-refractivity contribution >= 4 is 27.8 Å². The van der Waals surface area contributed by atoms with E-state index in [1.807, 2.05) is 37.6 Å². The third kappa shape index (κ3) is 3.68. The number of carbonyl (C=O) groups is 1. The topological polar surface area (TPSA) is 90.3 Å². The number of aryl methyl sites for hydroxylation is 4. The van der Waals surface area contributed by atoms with Gasteiger partial charge in [-0.25, -0.2) is 9.78 Å². The number of aromatic nitrogens is 2. The maximum absolute atomic E-state index is 12.5. The summed E-state index contributed by atoms with van der Waals surface area (Å²) in [6, 6.07) is 3.72. The molecule has 4 rings (SSSR count). The number of rotatable bonds is 6. The lowest BCUT2D eigenvalue weighted by Crippen LogP contribution is -2.29. The van der Waals surface area contributed by atoms with Crippen LogP contribution in [0.3, 0.4) is 0 Å². The van der Waals surface area contributed by atoms with Crippen molar-refractivity contribution in [1.29, 1.82) is 0 Å². The summed E-state index contributed by atoms with van der Waals surface area (Å²) in [6.07, 6.45) is 6.12. The first kappa shape index (κ1) is 19.0. The Balaban J connectivity index is 1.53. The summed E-state index contributed by atoms with van der Waals surface area (Å²) < 4.78 is 13.2. The molecule has 1 N–H and O–H groups in total. The van der Waals surface area contributed by atoms with Gasteiger partial charge < -0.3 is 18.7 Å². The maximum atomic E-state index is 12.5. The number of fused-ring (bicyclic) bond motifs is 2. The number of imidazole rings is 1. The molecule has 0 fully saturated rings. The van der Waals surface area contributed by atoms with Gasteiger partial charge in [0.2, 0.25) is 5.91 Å². The van der Waals surface area contributed by atoms with Gasteiger partial charge in [0.15, 0.2) is 0 Å². The third-order valence-electron chi connectivity index (χ3n) is 5.39. The van der Waals surface area contributed by atoms with Gasteiger partial charge in [0.05, 0.1) is 18.3 Å². The van der Waals surface area contributed by atoms with Crippen molar-refractivity contribution in [2.75, 3.05) is 6.54 Å². The second-order valence-corrected chi connectivity index (χ2v) is 7.30. The van der Waals surface area contributed by atoms with Crippen molar-refractivity contribution in [1.82, 2.24) is 14.9 Å². The molecule has 150 valence electrons. The lowest BCUT2D eigenvalue weighted by molar-refractivity contribution is -0.120. The zero-order chi connectivity index (χ0) is 20.5. The van der Waals surface area contributed by atoms with Gasteiger partial charge in [-0.1, -0.05) is 0 Å². The Morgan fingerprint density at radius 1 is 1.10 bits per heavy atom. The fourth-order valence-corrected chi connectivity index (χ4v) is 3.56. The molecular formula is C22H23N3O4. The van der Waals surface area contributed by atoms with E-state index in [0.717, 1.165) is 40.6 Å². The number of amides is 1. The maximum Gasteiger partial charge on any atom is 0.340 e. The van der Waals surface area contributed by atoms with Crippen molar-refractivity contribution in [3.8, 4) is 0 Å². The summed E-state index contributed by atoms with van der Waals surface area (Å²) >= 11 is 0. The van der Waals surface area contributed by atoms with Gasteiger partial charge in [-0.05, 0) is 44.4 Å². The minimum absolute atomic E-state index is 0.00336. The van der Waals surface area contributed by atoms with Crippen LogP contribution in [0.25, 0.3) is 21.9 Å². The zero-order valence-corrected chi connectivity index (χ0v) is 16.7. The molecule has 0 unspecified atom stereocenters. The molecule has 29 heavy (non-hydrogen) atoms. The van der Waals surface area contributed by atoms with Gasteiger partial charge in [0, 0.05) is 42.3 Å². The van der Waals surface area contributed by atoms with E-state index in [9.17, 15) is 9.59 Å². The van der Waals surface area contributed by atoms with E-state index in [2.05, 4.69) is 10.3 Å². The second kappa shape index (κ2) is 7.58. The molecule has 3 aromatic heterocycles. The van der Waals surface area contributed by atoms with Crippen molar-refractivity contribution in [3.63, 3.8) is 0 Å². The molecular weight excluding hydrogens is 370 g/mol. The highest BCUT2D eigenvalue weighted by Crippen LogP contribution is 2.30. The molecule has 0 aliphatic rings. The number of furan rings is 1. The largest absolute Gasteiger partial charge is 0.461 e. The lowest BCUT2D eigenvalue weighted by Gasteiger charge is -2.09. The van der Waals surface area contributed by atoms with E-state index in [1.165, 1.54) is 0 Å². The summed E-state index contributed by atoms with van der Waals surface area (Å²) in [5, 5.41) is 4.68. The highest BCUT2D eigenvalue weighted by molar-refractivity contribution is 5.97. The van der Waals surface area contributed by atoms with Gasteiger partial charge in [0.1, 0.15) is 16.9 Å². The standard InChI is InChI=1S/C22H23N3O4/c1-13-15(3)28-19-11-20-17(9-16(13)19)14(2)18(22(27)29-20)10-21(26)24-5-4-7-25-8-6-23-12-25/h6,8-9,11-12H,4-5,7,10H2,1-3H3,(H,24,26). The van der Waals surface area contributed by atoms with Crippen LogP contribution in [0.4, 0.5) is 0 Å². The molecule has 1 amide bonds. The Kier molecular flexibility index (Phi) is 4.96. The molecule has 0 spiro atoms. The first-order chi connectivity index (χ1) is 13.9. The average Bonchev–Trinajstić information content (AvgIpc) is 3.30. The minimum atomic E-state index is -0.483. The number of nitrogens with zero attached hydrogens (tertiary/aromatic N) is 2. The molecule has 0 radical (unpaired) electrons. The Morgan fingerprint density at radius 3 is 2.62 bits per heavy atom.